The van der Waals surface area contributed by atoms with Crippen LogP contribution < -0.4 is 5.32 Å². The van der Waals surface area contributed by atoms with Gasteiger partial charge < -0.3 is 5.32 Å². The quantitative estimate of drug-likeness (QED) is 0.670. The average Bonchev–Trinajstić information content (AvgIpc) is 2.27. The molecular formula is C13H14BrNO2. The van der Waals surface area contributed by atoms with Crippen molar-refractivity contribution in [1.29, 1.82) is 0 Å². The molecule has 0 radical (unpaired) electrons. The summed E-state index contributed by atoms with van der Waals surface area (Å²) in [6.45, 7) is 1.40. The summed E-state index contributed by atoms with van der Waals surface area (Å²) in [5, 5.41) is 3.47. The number of Topliss-reactive ketones (excluding diaryl/α,β-unsaturated/α-hetero) is 1. The van der Waals surface area contributed by atoms with Crippen LogP contribution in [0.25, 0.3) is 6.08 Å². The molecule has 4 heteroatoms. The van der Waals surface area contributed by atoms with Crippen molar-refractivity contribution in [3.63, 3.8) is 0 Å². The molecule has 0 aliphatic rings. The number of benzene rings is 1. The van der Waals surface area contributed by atoms with Crippen molar-refractivity contribution in [2.75, 3.05) is 10.6 Å². The second kappa shape index (κ2) is 7.01. The molecule has 0 saturated carbocycles. The van der Waals surface area contributed by atoms with Gasteiger partial charge >= 0.3 is 0 Å². The highest BCUT2D eigenvalue weighted by atomic mass is 79.9. The lowest BCUT2D eigenvalue weighted by Crippen LogP contribution is -2.14. The van der Waals surface area contributed by atoms with Gasteiger partial charge in [0.15, 0.2) is 0 Å². The van der Waals surface area contributed by atoms with Gasteiger partial charge in [-0.05, 0) is 24.6 Å². The van der Waals surface area contributed by atoms with E-state index in [1.165, 1.54) is 6.92 Å². The van der Waals surface area contributed by atoms with Crippen LogP contribution in [0.5, 0.6) is 0 Å². The molecule has 0 heterocycles. The van der Waals surface area contributed by atoms with E-state index in [0.717, 1.165) is 10.9 Å². The summed E-state index contributed by atoms with van der Waals surface area (Å²) in [5.41, 5.74) is 1.77. The molecule has 0 spiro atoms. The second-order valence-electron chi connectivity index (χ2n) is 3.61. The van der Waals surface area contributed by atoms with Crippen LogP contribution in [0.15, 0.2) is 30.3 Å². The van der Waals surface area contributed by atoms with Gasteiger partial charge in [-0.25, -0.2) is 0 Å². The number of nitrogens with one attached hydrogen (secondary N) is 1. The summed E-state index contributed by atoms with van der Waals surface area (Å²) in [7, 11) is 0. The van der Waals surface area contributed by atoms with Crippen LogP contribution in [0, 0.1) is 0 Å². The van der Waals surface area contributed by atoms with Crippen molar-refractivity contribution in [1.82, 2.24) is 0 Å². The van der Waals surface area contributed by atoms with Crippen LogP contribution in [0.4, 0.5) is 5.69 Å². The number of allylic oxidation sites excluding steroid dienone is 1. The van der Waals surface area contributed by atoms with Gasteiger partial charge in [-0.2, -0.15) is 0 Å². The van der Waals surface area contributed by atoms with E-state index in [4.69, 9.17) is 0 Å². The van der Waals surface area contributed by atoms with E-state index in [0.29, 0.717) is 5.69 Å². The number of carbonyl (C=O) groups is 2. The highest BCUT2D eigenvalue weighted by Crippen LogP contribution is 2.11. The summed E-state index contributed by atoms with van der Waals surface area (Å²) >= 11 is 3.30. The number of alkyl halides is 1. The summed E-state index contributed by atoms with van der Waals surface area (Å²) < 4.78 is 0. The van der Waals surface area contributed by atoms with Crippen LogP contribution in [-0.4, -0.2) is 17.0 Å². The number of rotatable bonds is 5. The topological polar surface area (TPSA) is 46.2 Å². The zero-order valence-electron chi connectivity index (χ0n) is 9.57. The van der Waals surface area contributed by atoms with E-state index >= 15 is 0 Å². The van der Waals surface area contributed by atoms with Crippen LogP contribution in [0.3, 0.4) is 0 Å². The number of carbonyl (C=O) groups excluding carboxylic acids is 2. The Labute approximate surface area is 109 Å². The molecule has 0 aromatic heterocycles. The Kier molecular flexibility index (Phi) is 5.63. The molecule has 17 heavy (non-hydrogen) atoms. The summed E-state index contributed by atoms with van der Waals surface area (Å²) in [4.78, 5) is 22.1. The van der Waals surface area contributed by atoms with Gasteiger partial charge in [-0.15, -0.1) is 0 Å². The van der Waals surface area contributed by atoms with Gasteiger partial charge in [-0.1, -0.05) is 40.2 Å². The standard InChI is InChI=1S/C13H14BrNO2/c1-10(16)9-13(17)15-12-6-4-11(5-7-12)3-2-8-14/h2-7H,8-9H2,1H3,(H,15,17). The molecule has 0 aliphatic heterocycles. The third-order valence-corrected chi connectivity index (χ3v) is 2.38. The average molecular weight is 296 g/mol. The van der Waals surface area contributed by atoms with Gasteiger partial charge in [0, 0.05) is 11.0 Å². The Morgan fingerprint density at radius 2 is 1.94 bits per heavy atom. The first-order valence-corrected chi connectivity index (χ1v) is 6.36. The number of hydrogen-bond acceptors (Lipinski definition) is 2. The Morgan fingerprint density at radius 1 is 1.29 bits per heavy atom. The molecule has 90 valence electrons. The lowest BCUT2D eigenvalue weighted by Gasteiger charge is -2.03. The molecule has 0 unspecified atom stereocenters. The van der Waals surface area contributed by atoms with Gasteiger partial charge in [0.2, 0.25) is 5.91 Å². The van der Waals surface area contributed by atoms with Crippen LogP contribution >= 0.6 is 15.9 Å². The first-order valence-electron chi connectivity index (χ1n) is 5.23. The molecule has 1 amide bonds. The number of halogens is 1. The van der Waals surface area contributed by atoms with E-state index in [1.807, 2.05) is 36.4 Å². The van der Waals surface area contributed by atoms with Gasteiger partial charge in [0.05, 0.1) is 6.42 Å². The fraction of sp³-hybridized carbons (Fsp3) is 0.231. The minimum Gasteiger partial charge on any atom is -0.326 e. The number of ketones is 1. The Balaban J connectivity index is 2.59. The second-order valence-corrected chi connectivity index (χ2v) is 4.25. The molecule has 0 saturated heterocycles. The third kappa shape index (κ3) is 5.45. The molecule has 3 nitrogen and oxygen atoms in total. The fourth-order valence-corrected chi connectivity index (χ4v) is 1.48. The fourth-order valence-electron chi connectivity index (χ4n) is 1.29. The van der Waals surface area contributed by atoms with Gasteiger partial charge in [0.1, 0.15) is 5.78 Å². The van der Waals surface area contributed by atoms with Crippen molar-refractivity contribution < 1.29 is 9.59 Å². The van der Waals surface area contributed by atoms with E-state index in [-0.39, 0.29) is 18.1 Å². The first-order chi connectivity index (χ1) is 8.11. The molecule has 0 aliphatic carbocycles. The predicted molar refractivity (Wildman–Crippen MR) is 73.2 cm³/mol. The minimum absolute atomic E-state index is 0.0781. The molecule has 0 bridgehead atoms. The first kappa shape index (κ1) is 13.6. The third-order valence-electron chi connectivity index (χ3n) is 2.00. The Bertz CT molecular complexity index is 424. The van der Waals surface area contributed by atoms with E-state index < -0.39 is 0 Å². The summed E-state index contributed by atoms with van der Waals surface area (Å²) in [5.74, 6) is -0.416. The molecule has 0 fully saturated rings. The zero-order valence-corrected chi connectivity index (χ0v) is 11.2. The minimum atomic E-state index is -0.277. The molecule has 1 rings (SSSR count). The maximum absolute atomic E-state index is 11.3. The highest BCUT2D eigenvalue weighted by Gasteiger charge is 2.04. The van der Waals surface area contributed by atoms with Crippen molar-refractivity contribution >= 4 is 39.4 Å². The van der Waals surface area contributed by atoms with Crippen LogP contribution in [0.2, 0.25) is 0 Å². The number of hydrogen-bond donors (Lipinski definition) is 1. The zero-order chi connectivity index (χ0) is 12.7. The Hall–Kier alpha value is -1.42. The Morgan fingerprint density at radius 3 is 2.47 bits per heavy atom. The maximum atomic E-state index is 11.3. The SMILES string of the molecule is CC(=O)CC(=O)Nc1ccc(C=CCBr)cc1. The van der Waals surface area contributed by atoms with E-state index in [1.54, 1.807) is 0 Å². The van der Waals surface area contributed by atoms with E-state index in [9.17, 15) is 9.59 Å². The monoisotopic (exact) mass is 295 g/mol. The van der Waals surface area contributed by atoms with Crippen LogP contribution in [-0.2, 0) is 9.59 Å². The van der Waals surface area contributed by atoms with Crippen molar-refractivity contribution in [2.24, 2.45) is 0 Å². The van der Waals surface area contributed by atoms with E-state index in [2.05, 4.69) is 21.2 Å². The van der Waals surface area contributed by atoms with Gasteiger partial charge in [-0.3, -0.25) is 9.59 Å². The van der Waals surface area contributed by atoms with Crippen molar-refractivity contribution in [3.05, 3.63) is 35.9 Å². The highest BCUT2D eigenvalue weighted by molar-refractivity contribution is 9.09. The molecule has 1 aromatic carbocycles. The largest absolute Gasteiger partial charge is 0.326 e. The molecular weight excluding hydrogens is 282 g/mol. The summed E-state index contributed by atoms with van der Waals surface area (Å²) in [6, 6.07) is 7.43. The lowest BCUT2D eigenvalue weighted by atomic mass is 10.2. The summed E-state index contributed by atoms with van der Waals surface area (Å²) in [6.07, 6.45) is 3.89. The number of amides is 1. The normalized spacial score (nSPS) is 10.5. The number of anilines is 1. The van der Waals surface area contributed by atoms with Gasteiger partial charge in [0.25, 0.3) is 0 Å². The van der Waals surface area contributed by atoms with Crippen molar-refractivity contribution in [2.45, 2.75) is 13.3 Å². The lowest BCUT2D eigenvalue weighted by molar-refractivity contribution is -0.124. The predicted octanol–water partition coefficient (Wildman–Crippen LogP) is 3.01. The smallest absolute Gasteiger partial charge is 0.231 e. The van der Waals surface area contributed by atoms with Crippen molar-refractivity contribution in [3.8, 4) is 0 Å². The molecule has 0 atom stereocenters. The maximum Gasteiger partial charge on any atom is 0.231 e. The van der Waals surface area contributed by atoms with Crippen LogP contribution in [0.1, 0.15) is 18.9 Å². The molecule has 1 N–H and O–H groups in total. The molecule has 1 aromatic rings.